The van der Waals surface area contributed by atoms with E-state index in [1.807, 2.05) is 51.2 Å². The first-order chi connectivity index (χ1) is 14.7. The predicted octanol–water partition coefficient (Wildman–Crippen LogP) is 2.31. The van der Waals surface area contributed by atoms with Crippen LogP contribution in [-0.4, -0.2) is 52.5 Å². The summed E-state index contributed by atoms with van der Waals surface area (Å²) in [6.07, 6.45) is 1.16. The highest BCUT2D eigenvalue weighted by Gasteiger charge is 2.29. The van der Waals surface area contributed by atoms with Crippen LogP contribution < -0.4 is 5.32 Å². The maximum absolute atomic E-state index is 13.1. The molecule has 1 aliphatic rings. The molecule has 1 aliphatic heterocycles. The lowest BCUT2D eigenvalue weighted by molar-refractivity contribution is 0.0925. The van der Waals surface area contributed by atoms with Gasteiger partial charge in [0.1, 0.15) is 0 Å². The maximum Gasteiger partial charge on any atom is 0.252 e. The number of nitrogens with one attached hydrogen (secondary N) is 1. The van der Waals surface area contributed by atoms with Crippen molar-refractivity contribution in [1.82, 2.24) is 24.4 Å². The Morgan fingerprint density at radius 2 is 1.84 bits per heavy atom. The molecule has 164 valence electrons. The van der Waals surface area contributed by atoms with Gasteiger partial charge in [-0.3, -0.25) is 9.48 Å². The number of hydrogen-bond acceptors (Lipinski definition) is 5. The van der Waals surface area contributed by atoms with Crippen molar-refractivity contribution < 1.29 is 13.2 Å². The Labute approximate surface area is 182 Å². The summed E-state index contributed by atoms with van der Waals surface area (Å²) in [6.45, 7) is 4.52. The Morgan fingerprint density at radius 3 is 2.52 bits per heavy atom. The van der Waals surface area contributed by atoms with E-state index >= 15 is 0 Å². The Hall–Kier alpha value is -2.78. The number of hydrogen-bond donors (Lipinski definition) is 1. The number of benzene rings is 1. The van der Waals surface area contributed by atoms with E-state index < -0.39 is 10.0 Å². The highest BCUT2D eigenvalue weighted by molar-refractivity contribution is 7.88. The molecule has 1 saturated heterocycles. The number of aromatic nitrogens is 3. The molecule has 0 spiro atoms. The molecule has 0 saturated carbocycles. The third-order valence-corrected chi connectivity index (χ3v) is 7.57. The van der Waals surface area contributed by atoms with Crippen molar-refractivity contribution in [3.8, 4) is 0 Å². The van der Waals surface area contributed by atoms with Crippen LogP contribution in [0.4, 0.5) is 0 Å². The lowest BCUT2D eigenvalue weighted by Crippen LogP contribution is -2.46. The van der Waals surface area contributed by atoms with E-state index in [1.165, 1.54) is 4.31 Å². The number of piperidine rings is 1. The smallest absolute Gasteiger partial charge is 0.252 e. The average Bonchev–Trinajstić information content (AvgIpc) is 3.01. The molecule has 1 amide bonds. The topological polar surface area (TPSA) is 97.2 Å². The van der Waals surface area contributed by atoms with Gasteiger partial charge in [-0.2, -0.15) is 5.10 Å². The maximum atomic E-state index is 13.1. The van der Waals surface area contributed by atoms with Crippen LogP contribution in [0.5, 0.6) is 0 Å². The highest BCUT2D eigenvalue weighted by Crippen LogP contribution is 2.23. The number of sulfonamides is 1. The fourth-order valence-electron chi connectivity index (χ4n) is 4.17. The van der Waals surface area contributed by atoms with Gasteiger partial charge in [0.05, 0.1) is 22.4 Å². The van der Waals surface area contributed by atoms with Gasteiger partial charge in [0.15, 0.2) is 5.65 Å². The molecule has 4 rings (SSSR count). The van der Waals surface area contributed by atoms with Crippen LogP contribution >= 0.6 is 0 Å². The summed E-state index contributed by atoms with van der Waals surface area (Å²) in [7, 11) is -1.56. The first-order valence-corrected chi connectivity index (χ1v) is 12.0. The highest BCUT2D eigenvalue weighted by atomic mass is 32.2. The van der Waals surface area contributed by atoms with Gasteiger partial charge in [-0.15, -0.1) is 0 Å². The van der Waals surface area contributed by atoms with Crippen LogP contribution in [0.2, 0.25) is 0 Å². The van der Waals surface area contributed by atoms with Crippen molar-refractivity contribution in [3.05, 3.63) is 58.9 Å². The molecular formula is C22H27N5O3S. The van der Waals surface area contributed by atoms with E-state index in [2.05, 4.69) is 15.4 Å². The zero-order valence-corrected chi connectivity index (χ0v) is 18.8. The first kappa shape index (κ1) is 21.5. The second-order valence-corrected chi connectivity index (χ2v) is 10.1. The van der Waals surface area contributed by atoms with Crippen molar-refractivity contribution in [3.63, 3.8) is 0 Å². The largest absolute Gasteiger partial charge is 0.349 e. The van der Waals surface area contributed by atoms with Gasteiger partial charge in [-0.25, -0.2) is 17.7 Å². The summed E-state index contributed by atoms with van der Waals surface area (Å²) in [4.78, 5) is 17.6. The van der Waals surface area contributed by atoms with E-state index in [1.54, 1.807) is 10.7 Å². The zero-order chi connectivity index (χ0) is 22.2. The van der Waals surface area contributed by atoms with E-state index in [-0.39, 0.29) is 17.7 Å². The number of fused-ring (bicyclic) bond motifs is 1. The van der Waals surface area contributed by atoms with Gasteiger partial charge >= 0.3 is 0 Å². The Bertz CT molecular complexity index is 1210. The fraction of sp³-hybridized carbons (Fsp3) is 0.409. The molecule has 31 heavy (non-hydrogen) atoms. The minimum absolute atomic E-state index is 0.000571. The second kappa shape index (κ2) is 8.39. The van der Waals surface area contributed by atoms with E-state index in [9.17, 15) is 13.2 Å². The normalized spacial score (nSPS) is 16.0. The number of aryl methyl sites for hydroxylation is 3. The van der Waals surface area contributed by atoms with Crippen molar-refractivity contribution in [1.29, 1.82) is 0 Å². The van der Waals surface area contributed by atoms with Crippen LogP contribution in [0, 0.1) is 13.8 Å². The summed E-state index contributed by atoms with van der Waals surface area (Å²) in [5, 5.41) is 8.24. The number of rotatable bonds is 5. The summed E-state index contributed by atoms with van der Waals surface area (Å²) in [5.74, 6) is -0.170. The SMILES string of the molecule is Cc1cc(C(=O)NC2CCN(S(=O)(=O)Cc3ccccc3)CC2)c2c(C)nn(C)c2n1. The van der Waals surface area contributed by atoms with E-state index in [4.69, 9.17) is 0 Å². The van der Waals surface area contributed by atoms with Crippen molar-refractivity contribution in [2.24, 2.45) is 7.05 Å². The number of carbonyl (C=O) groups excluding carboxylic acids is 1. The van der Waals surface area contributed by atoms with Crippen molar-refractivity contribution in [2.75, 3.05) is 13.1 Å². The summed E-state index contributed by atoms with van der Waals surface area (Å²) in [5.41, 5.74) is 3.54. The average molecular weight is 442 g/mol. The van der Waals surface area contributed by atoms with Gasteiger partial charge in [0.25, 0.3) is 5.91 Å². The van der Waals surface area contributed by atoms with Crippen LogP contribution in [0.15, 0.2) is 36.4 Å². The molecule has 1 fully saturated rings. The van der Waals surface area contributed by atoms with E-state index in [0.29, 0.717) is 37.1 Å². The Morgan fingerprint density at radius 1 is 1.16 bits per heavy atom. The molecule has 0 bridgehead atoms. The monoisotopic (exact) mass is 441 g/mol. The van der Waals surface area contributed by atoms with Gasteiger partial charge in [0.2, 0.25) is 10.0 Å². The van der Waals surface area contributed by atoms with Crippen LogP contribution in [-0.2, 0) is 22.8 Å². The van der Waals surface area contributed by atoms with Gasteiger partial charge in [0, 0.05) is 31.9 Å². The Balaban J connectivity index is 1.43. The standard InChI is InChI=1S/C22H27N5O3S/c1-15-13-19(20-16(2)25-26(3)21(20)23-15)22(28)24-18-9-11-27(12-10-18)31(29,30)14-17-7-5-4-6-8-17/h4-8,13,18H,9-12,14H2,1-3H3,(H,24,28). The second-order valence-electron chi connectivity index (χ2n) is 8.11. The molecule has 1 N–H and O–H groups in total. The number of nitrogens with zero attached hydrogens (tertiary/aromatic N) is 4. The van der Waals surface area contributed by atoms with Gasteiger partial charge in [-0.05, 0) is 38.3 Å². The quantitative estimate of drug-likeness (QED) is 0.655. The molecule has 0 atom stereocenters. The van der Waals surface area contributed by atoms with Gasteiger partial charge in [-0.1, -0.05) is 30.3 Å². The lowest BCUT2D eigenvalue weighted by Gasteiger charge is -2.31. The molecule has 1 aromatic carbocycles. The van der Waals surface area contributed by atoms with Crippen LogP contribution in [0.3, 0.4) is 0 Å². The fourth-order valence-corrected chi connectivity index (χ4v) is 5.73. The van der Waals surface area contributed by atoms with Crippen LogP contribution in [0.25, 0.3) is 11.0 Å². The molecule has 0 aliphatic carbocycles. The molecular weight excluding hydrogens is 414 g/mol. The first-order valence-electron chi connectivity index (χ1n) is 10.4. The number of carbonyl (C=O) groups is 1. The third kappa shape index (κ3) is 4.47. The molecule has 0 radical (unpaired) electrons. The number of amides is 1. The third-order valence-electron chi connectivity index (χ3n) is 5.72. The molecule has 3 heterocycles. The lowest BCUT2D eigenvalue weighted by atomic mass is 10.0. The molecule has 3 aromatic rings. The number of pyridine rings is 1. The summed E-state index contributed by atoms with van der Waals surface area (Å²) in [6, 6.07) is 10.9. The minimum atomic E-state index is -3.38. The van der Waals surface area contributed by atoms with Crippen LogP contribution in [0.1, 0.15) is 40.2 Å². The molecule has 8 nitrogen and oxygen atoms in total. The minimum Gasteiger partial charge on any atom is -0.349 e. The zero-order valence-electron chi connectivity index (χ0n) is 18.0. The summed E-state index contributed by atoms with van der Waals surface area (Å²) >= 11 is 0. The molecule has 2 aromatic heterocycles. The van der Waals surface area contributed by atoms with Gasteiger partial charge < -0.3 is 5.32 Å². The van der Waals surface area contributed by atoms with Crippen molar-refractivity contribution >= 4 is 27.0 Å². The molecule has 9 heteroatoms. The van der Waals surface area contributed by atoms with E-state index in [0.717, 1.165) is 22.3 Å². The predicted molar refractivity (Wildman–Crippen MR) is 119 cm³/mol. The summed E-state index contributed by atoms with van der Waals surface area (Å²) < 4.78 is 28.7. The van der Waals surface area contributed by atoms with Crippen molar-refractivity contribution in [2.45, 2.75) is 38.5 Å². The Kier molecular flexibility index (Phi) is 5.81. The molecule has 0 unspecified atom stereocenters.